The topological polar surface area (TPSA) is 24.9 Å². The van der Waals surface area contributed by atoms with Crippen LogP contribution in [0.15, 0.2) is 38.9 Å². The second-order valence-corrected chi connectivity index (χ2v) is 7.36. The first kappa shape index (κ1) is 14.2. The van der Waals surface area contributed by atoms with Gasteiger partial charge in [0.25, 0.3) is 0 Å². The number of aromatic nitrogens is 1. The van der Waals surface area contributed by atoms with Gasteiger partial charge in [-0.05, 0) is 62.7 Å². The Kier molecular flexibility index (Phi) is 4.95. The highest BCUT2D eigenvalue weighted by atomic mass is 79.9. The van der Waals surface area contributed by atoms with Crippen molar-refractivity contribution in [2.75, 3.05) is 7.05 Å². The molecule has 0 saturated carbocycles. The fourth-order valence-electron chi connectivity index (χ4n) is 2.01. The van der Waals surface area contributed by atoms with Gasteiger partial charge in [0.05, 0.1) is 3.79 Å². The average Bonchev–Trinajstić information content (AvgIpc) is 2.71. The summed E-state index contributed by atoms with van der Waals surface area (Å²) in [5.41, 5.74) is 1.30. The molecular weight excluding hydrogens is 376 g/mol. The van der Waals surface area contributed by atoms with E-state index in [0.717, 1.165) is 8.26 Å². The predicted molar refractivity (Wildman–Crippen MR) is 84.2 cm³/mol. The summed E-state index contributed by atoms with van der Waals surface area (Å²) in [6.45, 7) is 2.23. The van der Waals surface area contributed by atoms with E-state index in [2.05, 4.69) is 67.3 Å². The van der Waals surface area contributed by atoms with Crippen LogP contribution in [0.5, 0.6) is 0 Å². The molecule has 0 spiro atoms. The van der Waals surface area contributed by atoms with E-state index in [-0.39, 0.29) is 0 Å². The molecular formula is C13H14Br2N2S. The summed E-state index contributed by atoms with van der Waals surface area (Å²) in [4.78, 5) is 5.39. The van der Waals surface area contributed by atoms with Gasteiger partial charge in [0.2, 0.25) is 0 Å². The van der Waals surface area contributed by atoms with Crippen molar-refractivity contribution in [2.24, 2.45) is 0 Å². The van der Waals surface area contributed by atoms with Gasteiger partial charge in [-0.2, -0.15) is 0 Å². The zero-order chi connectivity index (χ0) is 13.1. The maximum Gasteiger partial charge on any atom is 0.0843 e. The Morgan fingerprint density at radius 3 is 2.44 bits per heavy atom. The van der Waals surface area contributed by atoms with Crippen LogP contribution < -0.4 is 5.32 Å². The van der Waals surface area contributed by atoms with Gasteiger partial charge < -0.3 is 5.32 Å². The Bertz CT molecular complexity index is 493. The van der Waals surface area contributed by atoms with E-state index in [9.17, 15) is 0 Å². The van der Waals surface area contributed by atoms with Crippen LogP contribution in [0.2, 0.25) is 0 Å². The van der Waals surface area contributed by atoms with Crippen LogP contribution in [0.1, 0.15) is 29.3 Å². The van der Waals surface area contributed by atoms with Gasteiger partial charge in [-0.1, -0.05) is 6.92 Å². The molecule has 2 atom stereocenters. The Morgan fingerprint density at radius 2 is 1.94 bits per heavy atom. The summed E-state index contributed by atoms with van der Waals surface area (Å²) >= 11 is 8.86. The fourth-order valence-corrected chi connectivity index (χ4v) is 4.32. The van der Waals surface area contributed by atoms with Crippen LogP contribution in [0.4, 0.5) is 0 Å². The van der Waals surface area contributed by atoms with E-state index in [1.54, 1.807) is 11.3 Å². The second-order valence-electron chi connectivity index (χ2n) is 4.11. The summed E-state index contributed by atoms with van der Waals surface area (Å²) in [7, 11) is 2.00. The van der Waals surface area contributed by atoms with Crippen LogP contribution in [0.25, 0.3) is 0 Å². The number of pyridine rings is 1. The van der Waals surface area contributed by atoms with Crippen molar-refractivity contribution in [3.05, 3.63) is 49.3 Å². The summed E-state index contributed by atoms with van der Waals surface area (Å²) in [6, 6.07) is 6.63. The van der Waals surface area contributed by atoms with Crippen molar-refractivity contribution in [3.8, 4) is 0 Å². The van der Waals surface area contributed by atoms with E-state index in [4.69, 9.17) is 0 Å². The minimum absolute atomic E-state index is 0.306. The first-order valence-corrected chi connectivity index (χ1v) is 8.05. The minimum atomic E-state index is 0.306. The molecule has 2 nitrogen and oxygen atoms in total. The molecule has 2 rings (SSSR count). The molecule has 1 N–H and O–H groups in total. The lowest BCUT2D eigenvalue weighted by molar-refractivity contribution is 0.515. The third-order valence-electron chi connectivity index (χ3n) is 3.01. The molecule has 0 amide bonds. The van der Waals surface area contributed by atoms with Crippen LogP contribution in [-0.4, -0.2) is 12.0 Å². The quantitative estimate of drug-likeness (QED) is 0.817. The number of halogens is 2. The van der Waals surface area contributed by atoms with Crippen LogP contribution in [-0.2, 0) is 0 Å². The molecule has 2 aromatic heterocycles. The SMILES string of the molecule is CNC(c1cc(Br)c(Br)s1)C(C)c1ccncc1. The van der Waals surface area contributed by atoms with Crippen molar-refractivity contribution in [1.29, 1.82) is 0 Å². The van der Waals surface area contributed by atoms with Crippen molar-refractivity contribution in [1.82, 2.24) is 10.3 Å². The molecule has 2 aromatic rings. The Labute approximate surface area is 128 Å². The molecule has 0 bridgehead atoms. The molecule has 0 radical (unpaired) electrons. The molecule has 96 valence electrons. The number of nitrogens with zero attached hydrogens (tertiary/aromatic N) is 1. The normalized spacial score (nSPS) is 14.4. The molecule has 0 aromatic carbocycles. The lowest BCUT2D eigenvalue weighted by Crippen LogP contribution is -2.21. The van der Waals surface area contributed by atoms with E-state index < -0.39 is 0 Å². The maximum absolute atomic E-state index is 4.07. The van der Waals surface area contributed by atoms with Gasteiger partial charge in [0, 0.05) is 33.7 Å². The van der Waals surface area contributed by atoms with Gasteiger partial charge >= 0.3 is 0 Å². The summed E-state index contributed by atoms with van der Waals surface area (Å²) in [5, 5.41) is 3.41. The molecule has 5 heteroatoms. The third-order valence-corrected chi connectivity index (χ3v) is 6.35. The Morgan fingerprint density at radius 1 is 1.28 bits per heavy atom. The van der Waals surface area contributed by atoms with E-state index in [1.165, 1.54) is 10.4 Å². The van der Waals surface area contributed by atoms with Gasteiger partial charge in [-0.15, -0.1) is 11.3 Å². The number of hydrogen-bond donors (Lipinski definition) is 1. The van der Waals surface area contributed by atoms with E-state index >= 15 is 0 Å². The molecule has 2 heterocycles. The zero-order valence-corrected chi connectivity index (χ0v) is 14.1. The van der Waals surface area contributed by atoms with Gasteiger partial charge in [-0.3, -0.25) is 4.98 Å². The largest absolute Gasteiger partial charge is 0.312 e. The molecule has 0 aliphatic rings. The first-order chi connectivity index (χ1) is 8.63. The van der Waals surface area contributed by atoms with Gasteiger partial charge in [0.15, 0.2) is 0 Å². The molecule has 18 heavy (non-hydrogen) atoms. The first-order valence-electron chi connectivity index (χ1n) is 5.65. The van der Waals surface area contributed by atoms with Crippen LogP contribution in [0.3, 0.4) is 0 Å². The van der Waals surface area contributed by atoms with Crippen LogP contribution >= 0.6 is 43.2 Å². The third kappa shape index (κ3) is 3.02. The lowest BCUT2D eigenvalue weighted by Gasteiger charge is -2.22. The summed E-state index contributed by atoms with van der Waals surface area (Å²) in [6.07, 6.45) is 3.69. The lowest BCUT2D eigenvalue weighted by atomic mass is 9.93. The highest BCUT2D eigenvalue weighted by Crippen LogP contribution is 2.39. The number of hydrogen-bond acceptors (Lipinski definition) is 3. The molecule has 0 saturated heterocycles. The van der Waals surface area contributed by atoms with Crippen molar-refractivity contribution in [2.45, 2.75) is 18.9 Å². The Balaban J connectivity index is 2.29. The number of likely N-dealkylation sites (N-methyl/N-ethyl adjacent to an activating group) is 1. The standard InChI is InChI=1S/C13H14Br2N2S/c1-8(9-3-5-17-6-4-9)12(16-2)11-7-10(14)13(15)18-11/h3-8,12,16H,1-2H3. The van der Waals surface area contributed by atoms with E-state index in [0.29, 0.717) is 12.0 Å². The smallest absolute Gasteiger partial charge is 0.0843 e. The average molecular weight is 390 g/mol. The molecule has 2 unspecified atom stereocenters. The highest BCUT2D eigenvalue weighted by Gasteiger charge is 2.21. The number of nitrogens with one attached hydrogen (secondary N) is 1. The Hall–Kier alpha value is -0.230. The molecule has 0 fully saturated rings. The van der Waals surface area contributed by atoms with Crippen molar-refractivity contribution < 1.29 is 0 Å². The molecule has 0 aliphatic heterocycles. The van der Waals surface area contributed by atoms with Crippen molar-refractivity contribution in [3.63, 3.8) is 0 Å². The summed E-state index contributed by atoms with van der Waals surface area (Å²) in [5.74, 6) is 0.399. The van der Waals surface area contributed by atoms with Crippen LogP contribution in [0, 0.1) is 0 Å². The zero-order valence-electron chi connectivity index (χ0n) is 10.2. The monoisotopic (exact) mass is 388 g/mol. The molecule has 0 aliphatic carbocycles. The minimum Gasteiger partial charge on any atom is -0.312 e. The number of rotatable bonds is 4. The second kappa shape index (κ2) is 6.28. The fraction of sp³-hybridized carbons (Fsp3) is 0.308. The summed E-state index contributed by atoms with van der Waals surface area (Å²) < 4.78 is 2.25. The predicted octanol–water partition coefficient (Wildman–Crippen LogP) is 4.73. The number of thiophene rings is 1. The van der Waals surface area contributed by atoms with Gasteiger partial charge in [0.1, 0.15) is 0 Å². The van der Waals surface area contributed by atoms with Crippen molar-refractivity contribution >= 4 is 43.2 Å². The van der Waals surface area contributed by atoms with Gasteiger partial charge in [-0.25, -0.2) is 0 Å². The highest BCUT2D eigenvalue weighted by molar-refractivity contribution is 9.13. The maximum atomic E-state index is 4.07. The van der Waals surface area contributed by atoms with E-state index in [1.807, 2.05) is 19.4 Å².